The van der Waals surface area contributed by atoms with Crippen LogP contribution in [0.3, 0.4) is 0 Å². The zero-order valence-corrected chi connectivity index (χ0v) is 11.1. The number of rotatable bonds is 4. The lowest BCUT2D eigenvalue weighted by Gasteiger charge is -2.39. The molecule has 1 aliphatic heterocycles. The van der Waals surface area contributed by atoms with Crippen molar-refractivity contribution in [2.45, 2.75) is 31.9 Å². The van der Waals surface area contributed by atoms with E-state index in [2.05, 4.69) is 36.1 Å². The number of benzene rings is 1. The molecule has 1 saturated heterocycles. The third kappa shape index (κ3) is 3.10. The highest BCUT2D eigenvalue weighted by Crippen LogP contribution is 2.28. The maximum absolute atomic E-state index is 10.0. The van der Waals surface area contributed by atoms with Crippen LogP contribution >= 0.6 is 0 Å². The minimum Gasteiger partial charge on any atom is -0.392 e. The first-order chi connectivity index (χ1) is 8.72. The molecular weight excluding hydrogens is 224 g/mol. The molecule has 18 heavy (non-hydrogen) atoms. The lowest BCUT2D eigenvalue weighted by Crippen LogP contribution is -2.45. The van der Waals surface area contributed by atoms with Gasteiger partial charge in [-0.25, -0.2) is 0 Å². The van der Waals surface area contributed by atoms with Crippen LogP contribution in [0.4, 0.5) is 0 Å². The Bertz CT molecular complexity index is 355. The number of aliphatic hydroxyl groups is 1. The van der Waals surface area contributed by atoms with E-state index in [0.717, 1.165) is 25.9 Å². The van der Waals surface area contributed by atoms with Gasteiger partial charge in [0.15, 0.2) is 0 Å². The lowest BCUT2D eigenvalue weighted by molar-refractivity contribution is 0.00819. The van der Waals surface area contributed by atoms with E-state index in [1.165, 1.54) is 5.56 Å². The van der Waals surface area contributed by atoms with Crippen LogP contribution in [0.2, 0.25) is 0 Å². The summed E-state index contributed by atoms with van der Waals surface area (Å²) in [5.74, 6) is 0.413. The highest BCUT2D eigenvalue weighted by Gasteiger charge is 2.29. The quantitative estimate of drug-likeness (QED) is 0.854. The number of nitrogens with two attached hydrogens (primary N) is 1. The predicted molar refractivity (Wildman–Crippen MR) is 74.2 cm³/mol. The van der Waals surface area contributed by atoms with Gasteiger partial charge < -0.3 is 10.8 Å². The minimum absolute atomic E-state index is 0.206. The Kier molecular flexibility index (Phi) is 4.75. The van der Waals surface area contributed by atoms with Gasteiger partial charge >= 0.3 is 0 Å². The summed E-state index contributed by atoms with van der Waals surface area (Å²) in [5, 5.41) is 10.0. The maximum atomic E-state index is 10.0. The van der Waals surface area contributed by atoms with Gasteiger partial charge in [0.25, 0.3) is 0 Å². The summed E-state index contributed by atoms with van der Waals surface area (Å²) >= 11 is 0. The van der Waals surface area contributed by atoms with Crippen molar-refractivity contribution in [3.05, 3.63) is 35.9 Å². The zero-order chi connectivity index (χ0) is 13.0. The average molecular weight is 248 g/mol. The lowest BCUT2D eigenvalue weighted by atomic mass is 9.92. The second-order valence-corrected chi connectivity index (χ2v) is 5.33. The minimum atomic E-state index is -0.206. The van der Waals surface area contributed by atoms with Gasteiger partial charge in [-0.3, -0.25) is 4.90 Å². The highest BCUT2D eigenvalue weighted by molar-refractivity contribution is 5.19. The normalized spacial score (nSPS) is 27.1. The number of likely N-dealkylation sites (tertiary alicyclic amines) is 1. The van der Waals surface area contributed by atoms with E-state index in [0.29, 0.717) is 18.5 Å². The molecule has 3 heteroatoms. The van der Waals surface area contributed by atoms with Crippen molar-refractivity contribution in [2.75, 3.05) is 19.6 Å². The molecule has 1 aromatic rings. The number of hydrogen-bond donors (Lipinski definition) is 2. The predicted octanol–water partition coefficient (Wildman–Crippen LogP) is 1.78. The van der Waals surface area contributed by atoms with Crippen molar-refractivity contribution in [3.8, 4) is 0 Å². The summed E-state index contributed by atoms with van der Waals surface area (Å²) in [5.41, 5.74) is 7.06. The van der Waals surface area contributed by atoms with Crippen LogP contribution in [0, 0.1) is 5.92 Å². The van der Waals surface area contributed by atoms with Gasteiger partial charge in [0.2, 0.25) is 0 Å². The van der Waals surface area contributed by atoms with E-state index in [9.17, 15) is 5.11 Å². The fraction of sp³-hybridized carbons (Fsp3) is 0.600. The number of nitrogens with zero attached hydrogens (tertiary/aromatic N) is 1. The Balaban J connectivity index is 2.11. The van der Waals surface area contributed by atoms with Crippen LogP contribution < -0.4 is 5.73 Å². The summed E-state index contributed by atoms with van der Waals surface area (Å²) in [4.78, 5) is 2.38. The molecule has 0 bridgehead atoms. The van der Waals surface area contributed by atoms with Gasteiger partial charge in [0.05, 0.1) is 6.10 Å². The van der Waals surface area contributed by atoms with E-state index in [4.69, 9.17) is 5.73 Å². The van der Waals surface area contributed by atoms with Gasteiger partial charge in [-0.15, -0.1) is 0 Å². The highest BCUT2D eigenvalue weighted by atomic mass is 16.3. The van der Waals surface area contributed by atoms with Gasteiger partial charge in [-0.1, -0.05) is 37.3 Å². The SMILES string of the molecule is CC1CCN(C(CCN)c2ccccc2)CC1O. The Labute approximate surface area is 110 Å². The molecule has 1 heterocycles. The molecule has 1 fully saturated rings. The molecule has 0 aromatic heterocycles. The van der Waals surface area contributed by atoms with Gasteiger partial charge in [0.1, 0.15) is 0 Å². The van der Waals surface area contributed by atoms with Crippen LogP contribution in [0.25, 0.3) is 0 Å². The molecule has 0 aliphatic carbocycles. The summed E-state index contributed by atoms with van der Waals surface area (Å²) in [6, 6.07) is 10.8. The van der Waals surface area contributed by atoms with Crippen molar-refractivity contribution in [1.82, 2.24) is 4.90 Å². The molecule has 2 rings (SSSR count). The molecule has 0 saturated carbocycles. The maximum Gasteiger partial charge on any atom is 0.0693 e. The number of aliphatic hydroxyl groups excluding tert-OH is 1. The molecule has 3 nitrogen and oxygen atoms in total. The number of β-amino-alcohol motifs (C(OH)–C–C–N with tert-alkyl or cyclic N) is 1. The molecule has 1 aliphatic rings. The first kappa shape index (κ1) is 13.5. The topological polar surface area (TPSA) is 49.5 Å². The second kappa shape index (κ2) is 6.32. The van der Waals surface area contributed by atoms with E-state index in [1.54, 1.807) is 0 Å². The van der Waals surface area contributed by atoms with Gasteiger partial charge in [0, 0.05) is 12.6 Å². The Morgan fingerprint density at radius 3 is 2.72 bits per heavy atom. The zero-order valence-electron chi connectivity index (χ0n) is 11.1. The van der Waals surface area contributed by atoms with Crippen molar-refractivity contribution < 1.29 is 5.11 Å². The smallest absolute Gasteiger partial charge is 0.0693 e. The molecule has 1 aromatic carbocycles. The average Bonchev–Trinajstić information content (AvgIpc) is 2.40. The molecule has 3 N–H and O–H groups in total. The first-order valence-electron chi connectivity index (χ1n) is 6.89. The first-order valence-corrected chi connectivity index (χ1v) is 6.89. The molecule has 0 spiro atoms. The summed E-state index contributed by atoms with van der Waals surface area (Å²) in [7, 11) is 0. The summed E-state index contributed by atoms with van der Waals surface area (Å²) in [6.45, 7) is 4.63. The van der Waals surface area contributed by atoms with Crippen molar-refractivity contribution in [2.24, 2.45) is 11.7 Å². The fourth-order valence-electron chi connectivity index (χ4n) is 2.75. The van der Waals surface area contributed by atoms with Gasteiger partial charge in [-0.2, -0.15) is 0 Å². The Hall–Kier alpha value is -0.900. The monoisotopic (exact) mass is 248 g/mol. The van der Waals surface area contributed by atoms with Crippen LogP contribution in [-0.2, 0) is 0 Å². The van der Waals surface area contributed by atoms with E-state index in [1.807, 2.05) is 6.07 Å². The Morgan fingerprint density at radius 1 is 1.39 bits per heavy atom. The van der Waals surface area contributed by atoms with Crippen LogP contribution in [0.1, 0.15) is 31.4 Å². The van der Waals surface area contributed by atoms with Gasteiger partial charge in [-0.05, 0) is 37.4 Å². The molecule has 3 unspecified atom stereocenters. The number of hydrogen-bond acceptors (Lipinski definition) is 3. The van der Waals surface area contributed by atoms with Crippen molar-refractivity contribution in [3.63, 3.8) is 0 Å². The fourth-order valence-corrected chi connectivity index (χ4v) is 2.75. The molecule has 100 valence electrons. The van der Waals surface area contributed by atoms with Crippen LogP contribution in [-0.4, -0.2) is 35.7 Å². The summed E-state index contributed by atoms with van der Waals surface area (Å²) < 4.78 is 0. The molecule has 0 radical (unpaired) electrons. The van der Waals surface area contributed by atoms with E-state index < -0.39 is 0 Å². The molecular formula is C15H24N2O. The Morgan fingerprint density at radius 2 is 2.11 bits per heavy atom. The second-order valence-electron chi connectivity index (χ2n) is 5.33. The molecule has 3 atom stereocenters. The number of piperidine rings is 1. The van der Waals surface area contributed by atoms with Crippen molar-refractivity contribution in [1.29, 1.82) is 0 Å². The van der Waals surface area contributed by atoms with Crippen LogP contribution in [0.5, 0.6) is 0 Å². The summed E-state index contributed by atoms with van der Waals surface area (Å²) in [6.07, 6.45) is 1.81. The molecule has 0 amide bonds. The van der Waals surface area contributed by atoms with Crippen LogP contribution in [0.15, 0.2) is 30.3 Å². The largest absolute Gasteiger partial charge is 0.392 e. The standard InChI is InChI=1S/C15H24N2O/c1-12-8-10-17(11-15(12)18)14(7-9-16)13-5-3-2-4-6-13/h2-6,12,14-15,18H,7-11,16H2,1H3. The van der Waals surface area contributed by atoms with E-state index in [-0.39, 0.29) is 6.10 Å². The van der Waals surface area contributed by atoms with E-state index >= 15 is 0 Å². The third-order valence-corrected chi connectivity index (χ3v) is 4.02. The van der Waals surface area contributed by atoms with Crippen molar-refractivity contribution >= 4 is 0 Å². The third-order valence-electron chi connectivity index (χ3n) is 4.02.